The van der Waals surface area contributed by atoms with E-state index < -0.39 is 0 Å². The molecule has 2 aliphatic heterocycles. The Morgan fingerprint density at radius 1 is 1.40 bits per heavy atom. The smallest absolute Gasteiger partial charge is 0.193 e. The van der Waals surface area contributed by atoms with Crippen LogP contribution in [0.5, 0.6) is 0 Å². The SMILES string of the molecule is N=C(N)C1OC=CC=C1N1CCCCC1. The van der Waals surface area contributed by atoms with E-state index in [0.717, 1.165) is 18.8 Å². The summed E-state index contributed by atoms with van der Waals surface area (Å²) in [5.41, 5.74) is 6.55. The van der Waals surface area contributed by atoms with Crippen molar-refractivity contribution in [2.45, 2.75) is 25.4 Å². The van der Waals surface area contributed by atoms with Gasteiger partial charge >= 0.3 is 0 Å². The van der Waals surface area contributed by atoms with Gasteiger partial charge < -0.3 is 15.4 Å². The summed E-state index contributed by atoms with van der Waals surface area (Å²) >= 11 is 0. The Bertz CT molecular complexity index is 303. The third kappa shape index (κ3) is 2.14. The van der Waals surface area contributed by atoms with Gasteiger partial charge in [0.05, 0.1) is 12.0 Å². The normalized spacial score (nSPS) is 25.7. The number of nitrogens with zero attached hydrogens (tertiary/aromatic N) is 1. The van der Waals surface area contributed by atoms with Gasteiger partial charge in [-0.25, -0.2) is 0 Å². The van der Waals surface area contributed by atoms with Crippen LogP contribution in [0, 0.1) is 5.41 Å². The highest BCUT2D eigenvalue weighted by molar-refractivity contribution is 5.85. The molecule has 1 unspecified atom stereocenters. The van der Waals surface area contributed by atoms with E-state index >= 15 is 0 Å². The Labute approximate surface area is 89.9 Å². The van der Waals surface area contributed by atoms with E-state index in [9.17, 15) is 0 Å². The summed E-state index contributed by atoms with van der Waals surface area (Å²) in [6, 6.07) is 0. The lowest BCUT2D eigenvalue weighted by Gasteiger charge is -2.35. The molecule has 0 aromatic carbocycles. The Morgan fingerprint density at radius 3 is 2.80 bits per heavy atom. The molecule has 1 saturated heterocycles. The fraction of sp³-hybridized carbons (Fsp3) is 0.545. The molecule has 2 rings (SSSR count). The van der Waals surface area contributed by atoms with Crippen LogP contribution in [-0.4, -0.2) is 29.9 Å². The second-order valence-electron chi connectivity index (χ2n) is 3.94. The predicted octanol–water partition coefficient (Wildman–Crippen LogP) is 1.20. The topological polar surface area (TPSA) is 62.3 Å². The minimum absolute atomic E-state index is 0.0798. The van der Waals surface area contributed by atoms with Crippen LogP contribution in [0.3, 0.4) is 0 Å². The van der Waals surface area contributed by atoms with Crippen molar-refractivity contribution >= 4 is 5.84 Å². The fourth-order valence-corrected chi connectivity index (χ4v) is 2.07. The molecule has 1 atom stereocenters. The number of ether oxygens (including phenoxy) is 1. The van der Waals surface area contributed by atoms with Gasteiger partial charge in [-0.3, -0.25) is 5.41 Å². The van der Waals surface area contributed by atoms with Crippen molar-refractivity contribution in [2.75, 3.05) is 13.1 Å². The lowest BCUT2D eigenvalue weighted by atomic mass is 10.1. The van der Waals surface area contributed by atoms with Gasteiger partial charge in [0, 0.05) is 13.1 Å². The van der Waals surface area contributed by atoms with Gasteiger partial charge in [0.15, 0.2) is 6.10 Å². The molecule has 0 aliphatic carbocycles. The van der Waals surface area contributed by atoms with Crippen molar-refractivity contribution in [3.8, 4) is 0 Å². The van der Waals surface area contributed by atoms with Crippen LogP contribution in [0.15, 0.2) is 24.1 Å². The second-order valence-corrected chi connectivity index (χ2v) is 3.94. The van der Waals surface area contributed by atoms with Crippen LogP contribution in [0.25, 0.3) is 0 Å². The van der Waals surface area contributed by atoms with Crippen LogP contribution < -0.4 is 5.73 Å². The van der Waals surface area contributed by atoms with Crippen molar-refractivity contribution in [3.05, 3.63) is 24.1 Å². The Hall–Kier alpha value is -1.45. The molecule has 82 valence electrons. The predicted molar refractivity (Wildman–Crippen MR) is 59.4 cm³/mol. The number of allylic oxidation sites excluding steroid dienone is 2. The molecule has 0 radical (unpaired) electrons. The van der Waals surface area contributed by atoms with Gasteiger partial charge in [-0.2, -0.15) is 0 Å². The lowest BCUT2D eigenvalue weighted by Crippen LogP contribution is -2.41. The number of likely N-dealkylation sites (tertiary alicyclic amines) is 1. The fourth-order valence-electron chi connectivity index (χ4n) is 2.07. The molecule has 0 spiro atoms. The first-order valence-electron chi connectivity index (χ1n) is 5.40. The Morgan fingerprint density at radius 2 is 2.13 bits per heavy atom. The highest BCUT2D eigenvalue weighted by atomic mass is 16.5. The van der Waals surface area contributed by atoms with Gasteiger partial charge in [-0.1, -0.05) is 0 Å². The third-order valence-corrected chi connectivity index (χ3v) is 2.83. The van der Waals surface area contributed by atoms with E-state index in [2.05, 4.69) is 4.90 Å². The first-order valence-corrected chi connectivity index (χ1v) is 5.40. The molecule has 2 heterocycles. The van der Waals surface area contributed by atoms with Gasteiger partial charge in [0.2, 0.25) is 0 Å². The summed E-state index contributed by atoms with van der Waals surface area (Å²) in [6.07, 6.45) is 8.81. The minimum atomic E-state index is -0.381. The molecule has 0 amide bonds. The van der Waals surface area contributed by atoms with Gasteiger partial charge in [-0.05, 0) is 31.4 Å². The molecule has 4 nitrogen and oxygen atoms in total. The number of nitrogens with two attached hydrogens (primary N) is 1. The van der Waals surface area contributed by atoms with E-state index in [1.807, 2.05) is 12.2 Å². The maximum atomic E-state index is 7.49. The summed E-state index contributed by atoms with van der Waals surface area (Å²) in [4.78, 5) is 2.28. The molecule has 1 fully saturated rings. The summed E-state index contributed by atoms with van der Waals surface area (Å²) < 4.78 is 5.37. The first kappa shape index (κ1) is 10.1. The summed E-state index contributed by atoms with van der Waals surface area (Å²) in [7, 11) is 0. The largest absolute Gasteiger partial charge is 0.484 e. The molecule has 3 N–H and O–H groups in total. The highest BCUT2D eigenvalue weighted by Gasteiger charge is 2.25. The average molecular weight is 207 g/mol. The van der Waals surface area contributed by atoms with Crippen LogP contribution in [0.4, 0.5) is 0 Å². The van der Waals surface area contributed by atoms with Gasteiger partial charge in [-0.15, -0.1) is 0 Å². The van der Waals surface area contributed by atoms with E-state index in [-0.39, 0.29) is 11.9 Å². The molecule has 0 aromatic heterocycles. The molecule has 2 aliphatic rings. The average Bonchev–Trinajstić information content (AvgIpc) is 2.30. The maximum absolute atomic E-state index is 7.49. The van der Waals surface area contributed by atoms with Crippen molar-refractivity contribution in [2.24, 2.45) is 5.73 Å². The zero-order valence-corrected chi connectivity index (χ0v) is 8.78. The second kappa shape index (κ2) is 4.38. The van der Waals surface area contributed by atoms with Crippen LogP contribution in [0.1, 0.15) is 19.3 Å². The van der Waals surface area contributed by atoms with Crippen molar-refractivity contribution < 1.29 is 4.74 Å². The molecular formula is C11H17N3O. The number of rotatable bonds is 2. The van der Waals surface area contributed by atoms with Gasteiger partial charge in [0.25, 0.3) is 0 Å². The van der Waals surface area contributed by atoms with E-state index in [1.54, 1.807) is 6.26 Å². The zero-order valence-electron chi connectivity index (χ0n) is 8.78. The van der Waals surface area contributed by atoms with Crippen molar-refractivity contribution in [1.82, 2.24) is 4.90 Å². The van der Waals surface area contributed by atoms with Crippen LogP contribution >= 0.6 is 0 Å². The summed E-state index contributed by atoms with van der Waals surface area (Å²) in [5, 5.41) is 7.49. The van der Waals surface area contributed by atoms with E-state index in [0.29, 0.717) is 0 Å². The molecule has 15 heavy (non-hydrogen) atoms. The Balaban J connectivity index is 2.12. The number of hydrogen-bond donors (Lipinski definition) is 2. The zero-order chi connectivity index (χ0) is 10.7. The first-order chi connectivity index (χ1) is 7.29. The molecule has 4 heteroatoms. The number of piperidine rings is 1. The molecule has 0 bridgehead atoms. The number of hydrogen-bond acceptors (Lipinski definition) is 3. The maximum Gasteiger partial charge on any atom is 0.193 e. The molecule has 0 aromatic rings. The minimum Gasteiger partial charge on any atom is -0.484 e. The third-order valence-electron chi connectivity index (χ3n) is 2.83. The Kier molecular flexibility index (Phi) is 2.94. The van der Waals surface area contributed by atoms with E-state index in [4.69, 9.17) is 15.9 Å². The van der Waals surface area contributed by atoms with Crippen molar-refractivity contribution in [3.63, 3.8) is 0 Å². The number of nitrogens with one attached hydrogen (secondary N) is 1. The summed E-state index contributed by atoms with van der Waals surface area (Å²) in [6.45, 7) is 2.10. The van der Waals surface area contributed by atoms with Crippen molar-refractivity contribution in [1.29, 1.82) is 5.41 Å². The monoisotopic (exact) mass is 207 g/mol. The summed E-state index contributed by atoms with van der Waals surface area (Å²) in [5.74, 6) is 0.0798. The van der Waals surface area contributed by atoms with Crippen LogP contribution in [0.2, 0.25) is 0 Å². The number of amidine groups is 1. The van der Waals surface area contributed by atoms with E-state index in [1.165, 1.54) is 19.3 Å². The standard InChI is InChI=1S/C11H17N3O/c12-11(13)10-9(5-4-8-15-10)14-6-2-1-3-7-14/h4-5,8,10H,1-3,6-7H2,(H3,12,13). The quantitative estimate of drug-likeness (QED) is 0.528. The van der Waals surface area contributed by atoms with Crippen LogP contribution in [-0.2, 0) is 4.74 Å². The lowest BCUT2D eigenvalue weighted by molar-refractivity contribution is 0.167. The molecular weight excluding hydrogens is 190 g/mol. The van der Waals surface area contributed by atoms with Gasteiger partial charge in [0.1, 0.15) is 5.84 Å². The molecule has 0 saturated carbocycles. The highest BCUT2D eigenvalue weighted by Crippen LogP contribution is 2.21.